The van der Waals surface area contributed by atoms with E-state index in [9.17, 15) is 0 Å². The van der Waals surface area contributed by atoms with Gasteiger partial charge >= 0.3 is 0 Å². The van der Waals surface area contributed by atoms with Crippen molar-refractivity contribution in [1.82, 2.24) is 5.32 Å². The standard InChI is InChI=1S/C9H16N2/c1-7(2)8(5-10)6-11-9-3-4-9/h5-7,9-11H,3-4H2,1-2H3/b8-6+,10-5?. The molecule has 0 saturated heterocycles. The minimum atomic E-state index is 0.457. The molecule has 62 valence electrons. The van der Waals surface area contributed by atoms with Crippen LogP contribution in [-0.2, 0) is 0 Å². The molecule has 2 nitrogen and oxygen atoms in total. The van der Waals surface area contributed by atoms with E-state index >= 15 is 0 Å². The zero-order chi connectivity index (χ0) is 8.27. The van der Waals surface area contributed by atoms with E-state index in [2.05, 4.69) is 19.2 Å². The molecule has 0 heterocycles. The molecule has 1 aliphatic rings. The van der Waals surface area contributed by atoms with Gasteiger partial charge in [0.05, 0.1) is 0 Å². The van der Waals surface area contributed by atoms with Gasteiger partial charge < -0.3 is 10.7 Å². The predicted octanol–water partition coefficient (Wildman–Crippen LogP) is 1.93. The van der Waals surface area contributed by atoms with Gasteiger partial charge in [0.15, 0.2) is 0 Å². The minimum absolute atomic E-state index is 0.457. The second-order valence-corrected chi connectivity index (χ2v) is 3.38. The summed E-state index contributed by atoms with van der Waals surface area (Å²) in [7, 11) is 0. The molecule has 0 aromatic rings. The van der Waals surface area contributed by atoms with Crippen molar-refractivity contribution in [2.75, 3.05) is 0 Å². The van der Waals surface area contributed by atoms with Gasteiger partial charge in [0.1, 0.15) is 0 Å². The Morgan fingerprint density at radius 1 is 1.55 bits per heavy atom. The van der Waals surface area contributed by atoms with E-state index < -0.39 is 0 Å². The van der Waals surface area contributed by atoms with E-state index in [1.807, 2.05) is 6.20 Å². The fraction of sp³-hybridized carbons (Fsp3) is 0.667. The van der Waals surface area contributed by atoms with Crippen LogP contribution < -0.4 is 5.32 Å². The quantitative estimate of drug-likeness (QED) is 0.593. The lowest BCUT2D eigenvalue weighted by Gasteiger charge is -2.05. The Morgan fingerprint density at radius 3 is 2.55 bits per heavy atom. The molecule has 1 aliphatic carbocycles. The maximum Gasteiger partial charge on any atom is 0.0257 e. The van der Waals surface area contributed by atoms with Crippen molar-refractivity contribution >= 4 is 6.21 Å². The van der Waals surface area contributed by atoms with Crippen LogP contribution in [0.15, 0.2) is 11.8 Å². The molecular weight excluding hydrogens is 136 g/mol. The van der Waals surface area contributed by atoms with Crippen LogP contribution in [0.4, 0.5) is 0 Å². The topological polar surface area (TPSA) is 35.9 Å². The molecule has 0 bridgehead atoms. The molecule has 11 heavy (non-hydrogen) atoms. The first-order valence-electron chi connectivity index (χ1n) is 4.20. The summed E-state index contributed by atoms with van der Waals surface area (Å²) in [6.45, 7) is 4.21. The van der Waals surface area contributed by atoms with E-state index in [-0.39, 0.29) is 0 Å². The number of hydrogen-bond donors (Lipinski definition) is 2. The summed E-state index contributed by atoms with van der Waals surface area (Å²) in [6.07, 6.45) is 6.00. The van der Waals surface area contributed by atoms with E-state index in [0.29, 0.717) is 12.0 Å². The van der Waals surface area contributed by atoms with Gasteiger partial charge in [0, 0.05) is 18.5 Å². The maximum atomic E-state index is 7.12. The molecule has 0 amide bonds. The van der Waals surface area contributed by atoms with Crippen molar-refractivity contribution in [3.05, 3.63) is 11.8 Å². The zero-order valence-corrected chi connectivity index (χ0v) is 7.22. The van der Waals surface area contributed by atoms with Gasteiger partial charge in [-0.05, 0) is 24.3 Å². The first-order valence-corrected chi connectivity index (χ1v) is 4.20. The summed E-state index contributed by atoms with van der Waals surface area (Å²) in [4.78, 5) is 0. The Balaban J connectivity index is 2.37. The molecule has 0 aromatic carbocycles. The number of rotatable bonds is 4. The third-order valence-corrected chi connectivity index (χ3v) is 1.90. The van der Waals surface area contributed by atoms with E-state index in [0.717, 1.165) is 5.57 Å². The highest BCUT2D eigenvalue weighted by atomic mass is 14.9. The summed E-state index contributed by atoms with van der Waals surface area (Å²) in [5.74, 6) is 0.457. The Kier molecular flexibility index (Phi) is 2.69. The molecule has 0 radical (unpaired) electrons. The van der Waals surface area contributed by atoms with Gasteiger partial charge in [0.25, 0.3) is 0 Å². The lowest BCUT2D eigenvalue weighted by Crippen LogP contribution is -2.10. The van der Waals surface area contributed by atoms with Crippen molar-refractivity contribution in [2.24, 2.45) is 5.92 Å². The molecule has 0 aromatic heterocycles. The Bertz CT molecular complexity index is 166. The average molecular weight is 152 g/mol. The van der Waals surface area contributed by atoms with Gasteiger partial charge in [-0.2, -0.15) is 0 Å². The molecule has 1 rings (SSSR count). The van der Waals surface area contributed by atoms with Crippen molar-refractivity contribution in [2.45, 2.75) is 32.7 Å². The smallest absolute Gasteiger partial charge is 0.0257 e. The van der Waals surface area contributed by atoms with Crippen LogP contribution in [0.5, 0.6) is 0 Å². The molecule has 1 fully saturated rings. The van der Waals surface area contributed by atoms with Crippen LogP contribution in [0, 0.1) is 11.3 Å². The van der Waals surface area contributed by atoms with Gasteiger partial charge in [0.2, 0.25) is 0 Å². The zero-order valence-electron chi connectivity index (χ0n) is 7.22. The van der Waals surface area contributed by atoms with Crippen molar-refractivity contribution in [3.8, 4) is 0 Å². The second kappa shape index (κ2) is 3.56. The fourth-order valence-corrected chi connectivity index (χ4v) is 0.839. The first-order chi connectivity index (χ1) is 5.24. The molecular formula is C9H16N2. The normalized spacial score (nSPS) is 18.6. The summed E-state index contributed by atoms with van der Waals surface area (Å²) in [5.41, 5.74) is 1.08. The molecule has 1 saturated carbocycles. The van der Waals surface area contributed by atoms with Gasteiger partial charge in [-0.25, -0.2) is 0 Å². The molecule has 0 spiro atoms. The molecule has 2 N–H and O–H groups in total. The maximum absolute atomic E-state index is 7.12. The highest BCUT2D eigenvalue weighted by molar-refractivity contribution is 5.75. The number of nitrogens with one attached hydrogen (secondary N) is 2. The highest BCUT2D eigenvalue weighted by Crippen LogP contribution is 2.19. The van der Waals surface area contributed by atoms with Crippen LogP contribution in [0.1, 0.15) is 26.7 Å². The van der Waals surface area contributed by atoms with Crippen molar-refractivity contribution < 1.29 is 0 Å². The first kappa shape index (κ1) is 8.31. The van der Waals surface area contributed by atoms with Crippen LogP contribution >= 0.6 is 0 Å². The number of hydrogen-bond acceptors (Lipinski definition) is 2. The fourth-order valence-electron chi connectivity index (χ4n) is 0.839. The average Bonchev–Trinajstić information content (AvgIpc) is 2.72. The lowest BCUT2D eigenvalue weighted by molar-refractivity contribution is 0.774. The third kappa shape index (κ3) is 2.74. The van der Waals surface area contributed by atoms with Crippen LogP contribution in [-0.4, -0.2) is 12.3 Å². The largest absolute Gasteiger partial charge is 0.388 e. The Hall–Kier alpha value is -0.790. The summed E-state index contributed by atoms with van der Waals surface area (Å²) in [6, 6.07) is 0.698. The number of allylic oxidation sites excluding steroid dienone is 1. The Labute approximate surface area is 68.2 Å². The Morgan fingerprint density at radius 2 is 2.18 bits per heavy atom. The van der Waals surface area contributed by atoms with E-state index in [4.69, 9.17) is 5.41 Å². The lowest BCUT2D eigenvalue weighted by atomic mass is 10.1. The highest BCUT2D eigenvalue weighted by Gasteiger charge is 2.19. The van der Waals surface area contributed by atoms with Crippen molar-refractivity contribution in [1.29, 1.82) is 5.41 Å². The molecule has 0 unspecified atom stereocenters. The van der Waals surface area contributed by atoms with Gasteiger partial charge in [-0.1, -0.05) is 13.8 Å². The summed E-state index contributed by atoms with van der Waals surface area (Å²) >= 11 is 0. The van der Waals surface area contributed by atoms with Crippen molar-refractivity contribution in [3.63, 3.8) is 0 Å². The third-order valence-electron chi connectivity index (χ3n) is 1.90. The van der Waals surface area contributed by atoms with Crippen LogP contribution in [0.25, 0.3) is 0 Å². The predicted molar refractivity (Wildman–Crippen MR) is 47.9 cm³/mol. The summed E-state index contributed by atoms with van der Waals surface area (Å²) in [5, 5.41) is 10.4. The van der Waals surface area contributed by atoms with Gasteiger partial charge in [-0.3, -0.25) is 0 Å². The SMILES string of the molecule is CC(C)/C(C=N)=C/NC1CC1. The van der Waals surface area contributed by atoms with E-state index in [1.165, 1.54) is 19.1 Å². The molecule has 2 heteroatoms. The summed E-state index contributed by atoms with van der Waals surface area (Å²) < 4.78 is 0. The minimum Gasteiger partial charge on any atom is -0.388 e. The van der Waals surface area contributed by atoms with Crippen LogP contribution in [0.2, 0.25) is 0 Å². The van der Waals surface area contributed by atoms with Gasteiger partial charge in [-0.15, -0.1) is 0 Å². The molecule has 0 atom stereocenters. The molecule has 0 aliphatic heterocycles. The van der Waals surface area contributed by atoms with E-state index in [1.54, 1.807) is 0 Å². The monoisotopic (exact) mass is 152 g/mol. The second-order valence-electron chi connectivity index (χ2n) is 3.38. The van der Waals surface area contributed by atoms with Crippen LogP contribution in [0.3, 0.4) is 0 Å².